The van der Waals surface area contributed by atoms with Crippen molar-refractivity contribution in [2.24, 2.45) is 5.92 Å². The van der Waals surface area contributed by atoms with Gasteiger partial charge in [0.25, 0.3) is 0 Å². The third kappa shape index (κ3) is 2.55. The number of allylic oxidation sites excluding steroid dienone is 1. The van der Waals surface area contributed by atoms with Crippen LogP contribution in [0.1, 0.15) is 25.8 Å². The molecule has 0 bridgehead atoms. The maximum Gasteiger partial charge on any atom is 0.307 e. The highest BCUT2D eigenvalue weighted by Crippen LogP contribution is 2.54. The monoisotopic (exact) mass is 246 g/mol. The van der Waals surface area contributed by atoms with E-state index >= 15 is 0 Å². The molecule has 1 aliphatic rings. The molecule has 0 radical (unpaired) electrons. The van der Waals surface area contributed by atoms with Gasteiger partial charge in [0.15, 0.2) is 0 Å². The molecule has 2 atom stereocenters. The van der Waals surface area contributed by atoms with Gasteiger partial charge in [-0.2, -0.15) is 0 Å². The number of hydrogen-bond acceptors (Lipinski definition) is 3. The summed E-state index contributed by atoms with van der Waals surface area (Å²) in [5.74, 6) is 1.03. The highest BCUT2D eigenvalue weighted by Gasteiger charge is 2.49. The molecule has 0 heterocycles. The number of carbonyl (C=O) groups is 1. The molecule has 2 unspecified atom stereocenters. The molecule has 96 valence electrons. The second-order valence-electron chi connectivity index (χ2n) is 4.89. The number of ether oxygens (including phenoxy) is 2. The van der Waals surface area contributed by atoms with E-state index in [2.05, 4.69) is 19.1 Å². The fourth-order valence-corrected chi connectivity index (χ4v) is 2.21. The fourth-order valence-electron chi connectivity index (χ4n) is 2.21. The van der Waals surface area contributed by atoms with Crippen LogP contribution >= 0.6 is 0 Å². The van der Waals surface area contributed by atoms with Crippen molar-refractivity contribution in [2.75, 3.05) is 7.11 Å². The summed E-state index contributed by atoms with van der Waals surface area (Å²) in [5, 5.41) is 0. The maximum atomic E-state index is 10.7. The average molecular weight is 246 g/mol. The largest absolute Gasteiger partial charge is 0.497 e. The molecule has 3 nitrogen and oxygen atoms in total. The van der Waals surface area contributed by atoms with Gasteiger partial charge in [-0.25, -0.2) is 0 Å². The summed E-state index contributed by atoms with van der Waals surface area (Å²) >= 11 is 0. The van der Waals surface area contributed by atoms with E-state index in [4.69, 9.17) is 9.47 Å². The summed E-state index contributed by atoms with van der Waals surface area (Å²) in [6.45, 7) is 3.62. The van der Waals surface area contributed by atoms with Gasteiger partial charge in [-0.05, 0) is 41.5 Å². The van der Waals surface area contributed by atoms with Gasteiger partial charge in [-0.3, -0.25) is 4.79 Å². The van der Waals surface area contributed by atoms with Crippen molar-refractivity contribution >= 4 is 5.97 Å². The van der Waals surface area contributed by atoms with Crippen LogP contribution in [0.3, 0.4) is 0 Å². The molecule has 0 amide bonds. The number of carbonyl (C=O) groups excluding carboxylic acids is 1. The fraction of sp³-hybridized carbons (Fsp3) is 0.400. The van der Waals surface area contributed by atoms with Crippen LogP contribution in [0.4, 0.5) is 0 Å². The normalized spacial score (nSPS) is 26.1. The van der Waals surface area contributed by atoms with Crippen molar-refractivity contribution in [1.29, 1.82) is 0 Å². The van der Waals surface area contributed by atoms with E-state index in [1.807, 2.05) is 18.2 Å². The quantitative estimate of drug-likeness (QED) is 0.605. The first kappa shape index (κ1) is 12.7. The van der Waals surface area contributed by atoms with Gasteiger partial charge in [0, 0.05) is 6.92 Å². The first-order valence-corrected chi connectivity index (χ1v) is 6.04. The molecule has 1 fully saturated rings. The second kappa shape index (κ2) is 4.84. The summed E-state index contributed by atoms with van der Waals surface area (Å²) in [4.78, 5) is 10.7. The minimum Gasteiger partial charge on any atom is -0.497 e. The summed E-state index contributed by atoms with van der Waals surface area (Å²) < 4.78 is 9.97. The average Bonchev–Trinajstić information content (AvgIpc) is 3.01. The van der Waals surface area contributed by atoms with Crippen LogP contribution in [0.25, 0.3) is 0 Å². The zero-order valence-electron chi connectivity index (χ0n) is 11.0. The lowest BCUT2D eigenvalue weighted by molar-refractivity contribution is -0.135. The molecule has 2 rings (SSSR count). The summed E-state index contributed by atoms with van der Waals surface area (Å²) in [6.07, 6.45) is 4.55. The molecular formula is C15H18O3. The molecule has 0 saturated heterocycles. The number of methoxy groups -OCH3 is 1. The van der Waals surface area contributed by atoms with Crippen LogP contribution in [0.15, 0.2) is 36.6 Å². The Morgan fingerprint density at radius 3 is 2.61 bits per heavy atom. The molecule has 0 N–H and O–H groups in total. The van der Waals surface area contributed by atoms with E-state index in [-0.39, 0.29) is 11.4 Å². The zero-order chi connectivity index (χ0) is 13.2. The van der Waals surface area contributed by atoms with Gasteiger partial charge in [0.2, 0.25) is 0 Å². The van der Waals surface area contributed by atoms with Gasteiger partial charge in [0.05, 0.1) is 13.4 Å². The molecular weight excluding hydrogens is 228 g/mol. The smallest absolute Gasteiger partial charge is 0.307 e. The summed E-state index contributed by atoms with van der Waals surface area (Å²) in [5.41, 5.74) is 1.45. The first-order chi connectivity index (χ1) is 8.56. The van der Waals surface area contributed by atoms with E-state index in [1.54, 1.807) is 7.11 Å². The van der Waals surface area contributed by atoms with Crippen molar-refractivity contribution in [3.05, 3.63) is 42.2 Å². The van der Waals surface area contributed by atoms with Crippen molar-refractivity contribution < 1.29 is 14.3 Å². The van der Waals surface area contributed by atoms with Crippen molar-refractivity contribution in [3.63, 3.8) is 0 Å². The molecule has 0 spiro atoms. The zero-order valence-corrected chi connectivity index (χ0v) is 11.0. The minimum absolute atomic E-state index is 0.156. The predicted molar refractivity (Wildman–Crippen MR) is 69.4 cm³/mol. The Kier molecular flexibility index (Phi) is 3.41. The second-order valence-corrected chi connectivity index (χ2v) is 4.89. The number of benzene rings is 1. The van der Waals surface area contributed by atoms with Crippen LogP contribution in [0.2, 0.25) is 0 Å². The van der Waals surface area contributed by atoms with Crippen LogP contribution in [-0.4, -0.2) is 13.1 Å². The molecule has 3 heteroatoms. The third-order valence-corrected chi connectivity index (χ3v) is 3.60. The van der Waals surface area contributed by atoms with E-state index < -0.39 is 0 Å². The molecule has 1 saturated carbocycles. The molecule has 18 heavy (non-hydrogen) atoms. The van der Waals surface area contributed by atoms with Crippen molar-refractivity contribution in [2.45, 2.75) is 25.7 Å². The van der Waals surface area contributed by atoms with Crippen LogP contribution < -0.4 is 4.74 Å². The Hall–Kier alpha value is -1.77. The Bertz CT molecular complexity index is 461. The molecule has 1 aromatic rings. The van der Waals surface area contributed by atoms with Gasteiger partial charge in [-0.1, -0.05) is 19.1 Å². The molecule has 1 aromatic carbocycles. The highest BCUT2D eigenvalue weighted by atomic mass is 16.5. The number of esters is 1. The third-order valence-electron chi connectivity index (χ3n) is 3.60. The number of hydrogen-bond donors (Lipinski definition) is 0. The molecule has 0 aromatic heterocycles. The van der Waals surface area contributed by atoms with Gasteiger partial charge in [-0.15, -0.1) is 0 Å². The first-order valence-electron chi connectivity index (χ1n) is 6.04. The standard InChI is InChI=1S/C15H18O3/c1-11(16)18-9-8-13-10-15(13,2)12-4-6-14(17-3)7-5-12/h4-9,13H,10H2,1-3H3/b9-8+. The van der Waals surface area contributed by atoms with E-state index in [9.17, 15) is 4.79 Å². The van der Waals surface area contributed by atoms with Gasteiger partial charge < -0.3 is 9.47 Å². The maximum absolute atomic E-state index is 10.7. The topological polar surface area (TPSA) is 35.5 Å². The highest BCUT2D eigenvalue weighted by molar-refractivity contribution is 5.66. The van der Waals surface area contributed by atoms with Crippen LogP contribution in [0.5, 0.6) is 5.75 Å². The Balaban J connectivity index is 2.01. The predicted octanol–water partition coefficient (Wildman–Crippen LogP) is 3.05. The van der Waals surface area contributed by atoms with E-state index in [0.717, 1.165) is 12.2 Å². The summed E-state index contributed by atoms with van der Waals surface area (Å²) in [7, 11) is 1.67. The van der Waals surface area contributed by atoms with Gasteiger partial charge in [0.1, 0.15) is 5.75 Å². The van der Waals surface area contributed by atoms with E-state index in [1.165, 1.54) is 18.7 Å². The Labute approximate surface area is 107 Å². The SMILES string of the molecule is COc1ccc(C2(C)CC2/C=C/OC(C)=O)cc1. The van der Waals surface area contributed by atoms with Crippen molar-refractivity contribution in [3.8, 4) is 5.75 Å². The molecule has 1 aliphatic carbocycles. The summed E-state index contributed by atoms with van der Waals surface area (Å²) in [6, 6.07) is 8.15. The number of rotatable bonds is 4. The van der Waals surface area contributed by atoms with Crippen LogP contribution in [0, 0.1) is 5.92 Å². The van der Waals surface area contributed by atoms with Gasteiger partial charge >= 0.3 is 5.97 Å². The lowest BCUT2D eigenvalue weighted by Crippen LogP contribution is -2.03. The molecule has 0 aliphatic heterocycles. The lowest BCUT2D eigenvalue weighted by atomic mass is 9.95. The van der Waals surface area contributed by atoms with E-state index in [0.29, 0.717) is 5.92 Å². The van der Waals surface area contributed by atoms with Crippen molar-refractivity contribution in [1.82, 2.24) is 0 Å². The Morgan fingerprint density at radius 2 is 2.06 bits per heavy atom. The Morgan fingerprint density at radius 1 is 1.39 bits per heavy atom. The minimum atomic E-state index is -0.280. The lowest BCUT2D eigenvalue weighted by Gasteiger charge is -2.11. The van der Waals surface area contributed by atoms with Crippen LogP contribution in [-0.2, 0) is 14.9 Å².